The van der Waals surface area contributed by atoms with Crippen molar-refractivity contribution in [3.8, 4) is 5.75 Å². The number of carbonyl (C=O) groups excluding carboxylic acids is 2. The number of esters is 1. The van der Waals surface area contributed by atoms with Gasteiger partial charge in [0.25, 0.3) is 5.91 Å². The Hall–Kier alpha value is -2.82. The predicted molar refractivity (Wildman–Crippen MR) is 116 cm³/mol. The third-order valence-electron chi connectivity index (χ3n) is 4.70. The first-order valence-electron chi connectivity index (χ1n) is 10.1. The van der Waals surface area contributed by atoms with Crippen LogP contribution in [0.25, 0.3) is 0 Å². The van der Waals surface area contributed by atoms with Gasteiger partial charge in [-0.05, 0) is 41.0 Å². The van der Waals surface area contributed by atoms with Gasteiger partial charge in [0, 0.05) is 5.69 Å². The monoisotopic (exact) mass is 397 g/mol. The van der Waals surface area contributed by atoms with Crippen LogP contribution in [0.5, 0.6) is 5.75 Å². The highest BCUT2D eigenvalue weighted by atomic mass is 16.6. The van der Waals surface area contributed by atoms with E-state index in [1.165, 1.54) is 0 Å². The van der Waals surface area contributed by atoms with Crippen molar-refractivity contribution >= 4 is 17.6 Å². The summed E-state index contributed by atoms with van der Waals surface area (Å²) in [6.07, 6.45) is 0.807. The smallest absolute Gasteiger partial charge is 0.344 e. The van der Waals surface area contributed by atoms with Gasteiger partial charge in [0.05, 0.1) is 0 Å². The Morgan fingerprint density at radius 1 is 0.897 bits per heavy atom. The molecule has 29 heavy (non-hydrogen) atoms. The van der Waals surface area contributed by atoms with E-state index >= 15 is 0 Å². The van der Waals surface area contributed by atoms with Crippen molar-refractivity contribution in [1.29, 1.82) is 0 Å². The molecule has 0 saturated carbocycles. The predicted octanol–water partition coefficient (Wildman–Crippen LogP) is 5.06. The summed E-state index contributed by atoms with van der Waals surface area (Å²) in [5.74, 6) is 0.246. The van der Waals surface area contributed by atoms with Crippen molar-refractivity contribution in [3.63, 3.8) is 0 Å². The van der Waals surface area contributed by atoms with Gasteiger partial charge in [0.1, 0.15) is 5.75 Å². The number of hydrogen-bond acceptors (Lipinski definition) is 4. The van der Waals surface area contributed by atoms with E-state index in [1.807, 2.05) is 49.4 Å². The molecule has 0 unspecified atom stereocenters. The van der Waals surface area contributed by atoms with E-state index < -0.39 is 5.97 Å². The Balaban J connectivity index is 1.94. The Bertz CT molecular complexity index is 816. The van der Waals surface area contributed by atoms with Crippen LogP contribution in [0.2, 0.25) is 0 Å². The zero-order chi connectivity index (χ0) is 21.4. The molecule has 1 amide bonds. The number of aryl methyl sites for hydroxylation is 1. The highest BCUT2D eigenvalue weighted by molar-refractivity contribution is 5.94. The molecule has 0 aliphatic rings. The summed E-state index contributed by atoms with van der Waals surface area (Å²) < 4.78 is 10.6. The van der Waals surface area contributed by atoms with Crippen molar-refractivity contribution in [2.45, 2.75) is 52.9 Å². The molecule has 0 aromatic heterocycles. The molecule has 5 nitrogen and oxygen atoms in total. The van der Waals surface area contributed by atoms with Crippen LogP contribution in [0.15, 0.2) is 42.5 Å². The number of anilines is 1. The SMILES string of the molecule is CCc1ccccc1OCC(=O)OCC(=O)Nc1c(C(C)C)cccc1C(C)C. The van der Waals surface area contributed by atoms with Gasteiger partial charge < -0.3 is 14.8 Å². The molecule has 0 aliphatic carbocycles. The molecule has 5 heteroatoms. The molecule has 0 spiro atoms. The van der Waals surface area contributed by atoms with Crippen LogP contribution in [0.3, 0.4) is 0 Å². The summed E-state index contributed by atoms with van der Waals surface area (Å²) in [7, 11) is 0. The van der Waals surface area contributed by atoms with Gasteiger partial charge in [-0.3, -0.25) is 4.79 Å². The number of benzene rings is 2. The zero-order valence-electron chi connectivity index (χ0n) is 18.0. The van der Waals surface area contributed by atoms with Crippen LogP contribution in [0.4, 0.5) is 5.69 Å². The second-order valence-electron chi connectivity index (χ2n) is 7.58. The Morgan fingerprint density at radius 3 is 2.10 bits per heavy atom. The number of rotatable bonds is 9. The first-order chi connectivity index (χ1) is 13.8. The summed E-state index contributed by atoms with van der Waals surface area (Å²) in [6, 6.07) is 13.6. The van der Waals surface area contributed by atoms with Gasteiger partial charge in [-0.25, -0.2) is 4.79 Å². The molecular formula is C24H31NO4. The average molecular weight is 398 g/mol. The summed E-state index contributed by atoms with van der Waals surface area (Å²) in [6.45, 7) is 9.78. The quantitative estimate of drug-likeness (QED) is 0.601. The first-order valence-corrected chi connectivity index (χ1v) is 10.1. The molecule has 2 rings (SSSR count). The minimum absolute atomic E-state index is 0.232. The summed E-state index contributed by atoms with van der Waals surface area (Å²) in [4.78, 5) is 24.4. The van der Waals surface area contributed by atoms with Crippen molar-refractivity contribution < 1.29 is 19.1 Å². The van der Waals surface area contributed by atoms with Gasteiger partial charge in [-0.15, -0.1) is 0 Å². The van der Waals surface area contributed by atoms with Crippen LogP contribution in [-0.4, -0.2) is 25.1 Å². The van der Waals surface area contributed by atoms with E-state index in [9.17, 15) is 9.59 Å². The second kappa shape index (κ2) is 10.6. The summed E-state index contributed by atoms with van der Waals surface area (Å²) in [5.41, 5.74) is 3.96. The van der Waals surface area contributed by atoms with Crippen LogP contribution < -0.4 is 10.1 Å². The van der Waals surface area contributed by atoms with E-state index in [-0.39, 0.29) is 31.0 Å². The molecule has 0 bridgehead atoms. The fraction of sp³-hybridized carbons (Fsp3) is 0.417. The third-order valence-corrected chi connectivity index (χ3v) is 4.70. The van der Waals surface area contributed by atoms with Crippen molar-refractivity contribution in [2.75, 3.05) is 18.5 Å². The Labute approximate surface area is 173 Å². The minimum atomic E-state index is -0.577. The zero-order valence-corrected chi connectivity index (χ0v) is 18.0. The summed E-state index contributed by atoms with van der Waals surface area (Å²) >= 11 is 0. The fourth-order valence-electron chi connectivity index (χ4n) is 3.13. The lowest BCUT2D eigenvalue weighted by Crippen LogP contribution is -2.25. The van der Waals surface area contributed by atoms with E-state index in [2.05, 4.69) is 33.0 Å². The van der Waals surface area contributed by atoms with Crippen LogP contribution in [0.1, 0.15) is 63.1 Å². The van der Waals surface area contributed by atoms with Crippen molar-refractivity contribution in [3.05, 3.63) is 59.2 Å². The van der Waals surface area contributed by atoms with Gasteiger partial charge in [0.15, 0.2) is 13.2 Å². The number of carbonyl (C=O) groups is 2. The third kappa shape index (κ3) is 6.34. The largest absolute Gasteiger partial charge is 0.482 e. The number of hydrogen-bond donors (Lipinski definition) is 1. The minimum Gasteiger partial charge on any atom is -0.482 e. The molecule has 156 valence electrons. The van der Waals surface area contributed by atoms with E-state index in [1.54, 1.807) is 0 Å². The lowest BCUT2D eigenvalue weighted by Gasteiger charge is -2.20. The maximum absolute atomic E-state index is 12.4. The second-order valence-corrected chi connectivity index (χ2v) is 7.58. The number of amides is 1. The molecule has 1 N–H and O–H groups in total. The molecule has 0 aliphatic heterocycles. The molecule has 0 radical (unpaired) electrons. The Morgan fingerprint density at radius 2 is 1.52 bits per heavy atom. The normalized spacial score (nSPS) is 10.9. The maximum Gasteiger partial charge on any atom is 0.344 e. The lowest BCUT2D eigenvalue weighted by atomic mass is 9.92. The number of para-hydroxylation sites is 2. The van der Waals surface area contributed by atoms with Crippen molar-refractivity contribution in [2.24, 2.45) is 0 Å². The lowest BCUT2D eigenvalue weighted by molar-refractivity contribution is -0.149. The maximum atomic E-state index is 12.4. The average Bonchev–Trinajstić information content (AvgIpc) is 2.70. The Kier molecular flexibility index (Phi) is 8.25. The van der Waals surface area contributed by atoms with E-state index in [0.29, 0.717) is 5.75 Å². The van der Waals surface area contributed by atoms with Crippen LogP contribution >= 0.6 is 0 Å². The molecular weight excluding hydrogens is 366 g/mol. The standard InChI is InChI=1S/C24H31NO4/c1-6-18-10-7-8-13-21(18)28-15-23(27)29-14-22(26)25-24-19(16(2)3)11-9-12-20(24)17(4)5/h7-13,16-17H,6,14-15H2,1-5H3,(H,25,26). The van der Waals surface area contributed by atoms with E-state index in [0.717, 1.165) is 28.8 Å². The molecule has 0 atom stereocenters. The van der Waals surface area contributed by atoms with E-state index in [4.69, 9.17) is 9.47 Å². The summed E-state index contributed by atoms with van der Waals surface area (Å²) in [5, 5.41) is 2.93. The fourth-order valence-corrected chi connectivity index (χ4v) is 3.13. The van der Waals surface area contributed by atoms with Gasteiger partial charge in [-0.1, -0.05) is 71.0 Å². The van der Waals surface area contributed by atoms with Gasteiger partial charge >= 0.3 is 5.97 Å². The van der Waals surface area contributed by atoms with Crippen LogP contribution in [-0.2, 0) is 20.7 Å². The molecule has 0 fully saturated rings. The number of ether oxygens (including phenoxy) is 2. The highest BCUT2D eigenvalue weighted by Gasteiger charge is 2.17. The molecule has 2 aromatic carbocycles. The molecule has 2 aromatic rings. The molecule has 0 heterocycles. The highest BCUT2D eigenvalue weighted by Crippen LogP contribution is 2.32. The topological polar surface area (TPSA) is 64.6 Å². The number of nitrogens with one attached hydrogen (secondary N) is 1. The van der Waals surface area contributed by atoms with Gasteiger partial charge in [-0.2, -0.15) is 0 Å². The van der Waals surface area contributed by atoms with Crippen molar-refractivity contribution in [1.82, 2.24) is 0 Å². The van der Waals surface area contributed by atoms with Crippen LogP contribution in [0, 0.1) is 0 Å². The first kappa shape index (κ1) is 22.5. The molecule has 0 saturated heterocycles. The van der Waals surface area contributed by atoms with Gasteiger partial charge in [0.2, 0.25) is 0 Å².